The molecular formula is C20H14N2O3S. The lowest BCUT2D eigenvalue weighted by Gasteiger charge is -2.06. The number of carbonyl (C=O) groups excluding carboxylic acids is 1. The first-order valence-electron chi connectivity index (χ1n) is 7.90. The molecule has 2 N–H and O–H groups in total. The number of thiazole rings is 1. The van der Waals surface area contributed by atoms with Gasteiger partial charge in [0.1, 0.15) is 16.5 Å². The maximum atomic E-state index is 12.0. The van der Waals surface area contributed by atoms with Crippen molar-refractivity contribution in [2.45, 2.75) is 0 Å². The number of phenols is 1. The van der Waals surface area contributed by atoms with Crippen molar-refractivity contribution in [3.63, 3.8) is 0 Å². The lowest BCUT2D eigenvalue weighted by molar-refractivity contribution is -0.111. The van der Waals surface area contributed by atoms with Gasteiger partial charge < -0.3 is 14.8 Å². The van der Waals surface area contributed by atoms with E-state index in [1.54, 1.807) is 30.3 Å². The van der Waals surface area contributed by atoms with Crippen molar-refractivity contribution in [2.24, 2.45) is 0 Å². The number of nitrogens with one attached hydrogen (secondary N) is 1. The molecule has 0 saturated carbocycles. The summed E-state index contributed by atoms with van der Waals surface area (Å²) in [5.41, 5.74) is 2.03. The fourth-order valence-corrected chi connectivity index (χ4v) is 3.51. The van der Waals surface area contributed by atoms with E-state index in [4.69, 9.17) is 4.42 Å². The average Bonchev–Trinajstić information content (AvgIpc) is 3.29. The Bertz CT molecular complexity index is 1060. The normalized spacial score (nSPS) is 11.2. The highest BCUT2D eigenvalue weighted by Crippen LogP contribution is 2.36. The molecule has 0 aliphatic carbocycles. The summed E-state index contributed by atoms with van der Waals surface area (Å²) in [5.74, 6) is 0.347. The fraction of sp³-hybridized carbons (Fsp3) is 0. The third kappa shape index (κ3) is 3.36. The summed E-state index contributed by atoms with van der Waals surface area (Å²) in [7, 11) is 0. The molecule has 0 spiro atoms. The second-order valence-electron chi connectivity index (χ2n) is 5.56. The van der Waals surface area contributed by atoms with Crippen LogP contribution in [-0.2, 0) is 4.79 Å². The molecule has 26 heavy (non-hydrogen) atoms. The van der Waals surface area contributed by atoms with Gasteiger partial charge in [0.25, 0.3) is 0 Å². The summed E-state index contributed by atoms with van der Waals surface area (Å²) in [5, 5.41) is 13.8. The zero-order valence-corrected chi connectivity index (χ0v) is 14.4. The van der Waals surface area contributed by atoms with Crippen LogP contribution in [0.1, 0.15) is 5.76 Å². The molecule has 0 radical (unpaired) electrons. The number of phenolic OH excluding ortho intramolecular Hbond substituents is 1. The zero-order valence-electron chi connectivity index (χ0n) is 13.5. The number of hydrogen-bond acceptors (Lipinski definition) is 5. The SMILES string of the molecule is O=C(/C=C/c1ccco1)Nc1ccc(-c2nc3ccccc3s2)c(O)c1. The van der Waals surface area contributed by atoms with Crippen molar-refractivity contribution in [1.29, 1.82) is 0 Å². The molecule has 6 heteroatoms. The molecule has 1 amide bonds. The van der Waals surface area contributed by atoms with E-state index in [2.05, 4.69) is 10.3 Å². The number of aromatic nitrogens is 1. The van der Waals surface area contributed by atoms with Crippen molar-refractivity contribution in [3.8, 4) is 16.3 Å². The molecule has 4 aromatic rings. The Kier molecular flexibility index (Phi) is 4.25. The molecule has 2 aromatic carbocycles. The van der Waals surface area contributed by atoms with Crippen molar-refractivity contribution in [3.05, 3.63) is 72.7 Å². The molecule has 2 heterocycles. The van der Waals surface area contributed by atoms with Gasteiger partial charge in [-0.15, -0.1) is 11.3 Å². The van der Waals surface area contributed by atoms with Crippen LogP contribution in [0.15, 0.2) is 71.4 Å². The van der Waals surface area contributed by atoms with Gasteiger partial charge in [0, 0.05) is 17.8 Å². The van der Waals surface area contributed by atoms with E-state index in [0.717, 1.165) is 15.2 Å². The third-order valence-electron chi connectivity index (χ3n) is 3.73. The maximum absolute atomic E-state index is 12.0. The Hall–Kier alpha value is -3.38. The molecule has 128 valence electrons. The molecule has 0 bridgehead atoms. The summed E-state index contributed by atoms with van der Waals surface area (Å²) in [6, 6.07) is 16.3. The first kappa shape index (κ1) is 16.1. The topological polar surface area (TPSA) is 75.4 Å². The molecular weight excluding hydrogens is 348 g/mol. The number of para-hydroxylation sites is 1. The van der Waals surface area contributed by atoms with Crippen molar-refractivity contribution in [2.75, 3.05) is 5.32 Å². The van der Waals surface area contributed by atoms with E-state index in [1.165, 1.54) is 29.7 Å². The molecule has 0 atom stereocenters. The van der Waals surface area contributed by atoms with Gasteiger partial charge in [0.05, 0.1) is 22.0 Å². The van der Waals surface area contributed by atoms with E-state index in [0.29, 0.717) is 17.0 Å². The van der Waals surface area contributed by atoms with Crippen molar-refractivity contribution in [1.82, 2.24) is 4.98 Å². The van der Waals surface area contributed by atoms with Crippen LogP contribution in [0.25, 0.3) is 26.9 Å². The Labute approximate surface area is 153 Å². The van der Waals surface area contributed by atoms with Gasteiger partial charge in [-0.2, -0.15) is 0 Å². The second kappa shape index (κ2) is 6.85. The Morgan fingerprint density at radius 2 is 2.04 bits per heavy atom. The Balaban J connectivity index is 1.53. The van der Waals surface area contributed by atoms with Gasteiger partial charge in [-0.1, -0.05) is 12.1 Å². The quantitative estimate of drug-likeness (QED) is 0.506. The predicted molar refractivity (Wildman–Crippen MR) is 103 cm³/mol. The summed E-state index contributed by atoms with van der Waals surface area (Å²) < 4.78 is 6.19. The number of furan rings is 1. The average molecular weight is 362 g/mol. The van der Waals surface area contributed by atoms with Gasteiger partial charge in [-0.25, -0.2) is 4.98 Å². The highest BCUT2D eigenvalue weighted by molar-refractivity contribution is 7.21. The molecule has 0 aliphatic rings. The van der Waals surface area contributed by atoms with Crippen LogP contribution in [0.2, 0.25) is 0 Å². The monoisotopic (exact) mass is 362 g/mol. The summed E-state index contributed by atoms with van der Waals surface area (Å²) >= 11 is 1.51. The Morgan fingerprint density at radius 1 is 1.15 bits per heavy atom. The van der Waals surface area contributed by atoms with Crippen LogP contribution in [0.5, 0.6) is 5.75 Å². The minimum absolute atomic E-state index is 0.0665. The van der Waals surface area contributed by atoms with Crippen LogP contribution < -0.4 is 5.32 Å². The zero-order chi connectivity index (χ0) is 17.9. The molecule has 0 aliphatic heterocycles. The standard InChI is InChI=1S/C20H14N2O3S/c23-17-12-13(21-19(24)10-8-14-4-3-11-25-14)7-9-15(17)20-22-16-5-1-2-6-18(16)26-20/h1-12,23H,(H,21,24)/b10-8+. The summed E-state index contributed by atoms with van der Waals surface area (Å²) in [6.45, 7) is 0. The van der Waals surface area contributed by atoms with Crippen molar-refractivity contribution < 1.29 is 14.3 Å². The lowest BCUT2D eigenvalue weighted by atomic mass is 10.2. The summed E-state index contributed by atoms with van der Waals surface area (Å²) in [6.07, 6.45) is 4.48. The number of aromatic hydroxyl groups is 1. The smallest absolute Gasteiger partial charge is 0.248 e. The highest BCUT2D eigenvalue weighted by atomic mass is 32.1. The predicted octanol–water partition coefficient (Wildman–Crippen LogP) is 4.91. The highest BCUT2D eigenvalue weighted by Gasteiger charge is 2.11. The molecule has 5 nitrogen and oxygen atoms in total. The number of benzene rings is 2. The van der Waals surface area contributed by atoms with E-state index >= 15 is 0 Å². The van der Waals surface area contributed by atoms with Crippen LogP contribution in [0.3, 0.4) is 0 Å². The first-order chi connectivity index (χ1) is 12.7. The maximum Gasteiger partial charge on any atom is 0.248 e. The van der Waals surface area contributed by atoms with Gasteiger partial charge in [-0.05, 0) is 42.5 Å². The lowest BCUT2D eigenvalue weighted by Crippen LogP contribution is -2.07. The van der Waals surface area contributed by atoms with Crippen LogP contribution in [0.4, 0.5) is 5.69 Å². The van der Waals surface area contributed by atoms with Gasteiger partial charge in [0.15, 0.2) is 0 Å². The number of hydrogen-bond donors (Lipinski definition) is 2. The van der Waals surface area contributed by atoms with Crippen molar-refractivity contribution >= 4 is 39.2 Å². The van der Waals surface area contributed by atoms with Crippen LogP contribution in [0, 0.1) is 0 Å². The number of nitrogens with zero attached hydrogens (tertiary/aromatic N) is 1. The van der Waals surface area contributed by atoms with Gasteiger partial charge in [0.2, 0.25) is 5.91 Å². The minimum atomic E-state index is -0.312. The first-order valence-corrected chi connectivity index (χ1v) is 8.72. The third-order valence-corrected chi connectivity index (χ3v) is 4.80. The number of anilines is 1. The van der Waals surface area contributed by atoms with Crippen LogP contribution in [-0.4, -0.2) is 16.0 Å². The Morgan fingerprint density at radius 3 is 2.81 bits per heavy atom. The van der Waals surface area contributed by atoms with E-state index in [1.807, 2.05) is 24.3 Å². The number of carbonyl (C=O) groups is 1. The second-order valence-corrected chi connectivity index (χ2v) is 6.59. The molecule has 0 saturated heterocycles. The number of amides is 1. The molecule has 0 unspecified atom stereocenters. The van der Waals surface area contributed by atoms with E-state index in [-0.39, 0.29) is 11.7 Å². The number of fused-ring (bicyclic) bond motifs is 1. The van der Waals surface area contributed by atoms with Gasteiger partial charge >= 0.3 is 0 Å². The van der Waals surface area contributed by atoms with Gasteiger partial charge in [-0.3, -0.25) is 4.79 Å². The fourth-order valence-electron chi connectivity index (χ4n) is 2.51. The number of rotatable bonds is 4. The molecule has 0 fully saturated rings. The summed E-state index contributed by atoms with van der Waals surface area (Å²) in [4.78, 5) is 16.5. The van der Waals surface area contributed by atoms with Crippen LogP contribution >= 0.6 is 11.3 Å². The largest absolute Gasteiger partial charge is 0.507 e. The minimum Gasteiger partial charge on any atom is -0.507 e. The van der Waals surface area contributed by atoms with E-state index < -0.39 is 0 Å². The van der Waals surface area contributed by atoms with E-state index in [9.17, 15) is 9.90 Å². The molecule has 2 aromatic heterocycles. The molecule has 4 rings (SSSR count).